The Morgan fingerprint density at radius 3 is 2.50 bits per heavy atom. The molecular formula is C4H10ClO2V. The Labute approximate surface area is 65.6 Å². The Morgan fingerprint density at radius 2 is 2.12 bits per heavy atom. The maximum atomic E-state index is 4.55. The Morgan fingerprint density at radius 1 is 1.50 bits per heavy atom. The van der Waals surface area contributed by atoms with Crippen LogP contribution in [0.3, 0.4) is 0 Å². The van der Waals surface area contributed by atoms with E-state index in [0.717, 1.165) is 12.8 Å². The van der Waals surface area contributed by atoms with E-state index < -0.39 is 0 Å². The van der Waals surface area contributed by atoms with E-state index in [-0.39, 0.29) is 12.4 Å². The van der Waals surface area contributed by atoms with Crippen LogP contribution in [-0.4, -0.2) is 6.61 Å². The van der Waals surface area contributed by atoms with Gasteiger partial charge < -0.3 is 0 Å². The molecule has 0 fully saturated rings. The van der Waals surface area contributed by atoms with Crippen molar-refractivity contribution in [2.75, 3.05) is 6.61 Å². The van der Waals surface area contributed by atoms with E-state index >= 15 is 0 Å². The van der Waals surface area contributed by atoms with Crippen LogP contribution in [0.5, 0.6) is 0 Å². The van der Waals surface area contributed by atoms with Gasteiger partial charge in [0.15, 0.2) is 0 Å². The Hall–Kier alpha value is 0.794. The number of hydrogen-bond acceptors (Lipinski definition) is 2. The molecule has 0 aromatic heterocycles. The molecular weight excluding hydrogens is 166 g/mol. The molecule has 0 heterocycles. The molecule has 0 saturated carbocycles. The fraction of sp³-hybridized carbons (Fsp3) is 1.00. The van der Waals surface area contributed by atoms with Crippen molar-refractivity contribution in [2.24, 2.45) is 0 Å². The molecule has 0 amide bonds. The van der Waals surface area contributed by atoms with Crippen molar-refractivity contribution in [3.05, 3.63) is 0 Å². The van der Waals surface area contributed by atoms with E-state index in [1.54, 1.807) is 0 Å². The molecule has 0 aliphatic rings. The van der Waals surface area contributed by atoms with E-state index in [2.05, 4.69) is 15.6 Å². The van der Waals surface area contributed by atoms with Crippen LogP contribution >= 0.6 is 12.4 Å². The molecule has 2 nitrogen and oxygen atoms in total. The second kappa shape index (κ2) is 10.7. The van der Waals surface area contributed by atoms with Crippen LogP contribution in [0.4, 0.5) is 0 Å². The summed E-state index contributed by atoms with van der Waals surface area (Å²) >= 11 is 1.90. The number of rotatable bonds is 4. The van der Waals surface area contributed by atoms with Crippen LogP contribution in [0.15, 0.2) is 0 Å². The van der Waals surface area contributed by atoms with Gasteiger partial charge in [0.25, 0.3) is 0 Å². The molecule has 0 aliphatic heterocycles. The Balaban J connectivity index is 0. The van der Waals surface area contributed by atoms with Gasteiger partial charge in [0.2, 0.25) is 0 Å². The second-order valence-corrected chi connectivity index (χ2v) is 1.48. The Kier molecular flexibility index (Phi) is 15.5. The van der Waals surface area contributed by atoms with Gasteiger partial charge in [-0.15, -0.1) is 12.4 Å². The molecule has 0 bridgehead atoms. The topological polar surface area (TPSA) is 18.5 Å². The van der Waals surface area contributed by atoms with E-state index in [1.165, 1.54) is 0 Å². The zero-order valence-corrected chi connectivity index (χ0v) is 7.01. The van der Waals surface area contributed by atoms with Gasteiger partial charge in [-0.05, 0) is 0 Å². The molecule has 0 aromatic carbocycles. The van der Waals surface area contributed by atoms with E-state index in [0.29, 0.717) is 6.61 Å². The third-order valence-corrected chi connectivity index (χ3v) is 0.799. The molecule has 0 aromatic rings. The number of hydrogen-bond donors (Lipinski definition) is 0. The van der Waals surface area contributed by atoms with Crippen LogP contribution in [0, 0.1) is 0 Å². The normalized spacial score (nSPS) is 8.12. The van der Waals surface area contributed by atoms with Crippen molar-refractivity contribution in [2.45, 2.75) is 19.8 Å². The zero-order chi connectivity index (χ0) is 5.54. The Bertz CT molecular complexity index is 33.2. The summed E-state index contributed by atoms with van der Waals surface area (Å²) in [4.78, 5) is 4.55. The minimum atomic E-state index is 0. The summed E-state index contributed by atoms with van der Waals surface area (Å²) in [7, 11) is 0. The van der Waals surface area contributed by atoms with Gasteiger partial charge in [-0.1, -0.05) is 0 Å². The van der Waals surface area contributed by atoms with Crippen molar-refractivity contribution >= 4 is 12.4 Å². The summed E-state index contributed by atoms with van der Waals surface area (Å²) in [6.45, 7) is 2.80. The predicted molar refractivity (Wildman–Crippen MR) is 29.2 cm³/mol. The molecule has 8 heavy (non-hydrogen) atoms. The van der Waals surface area contributed by atoms with Crippen molar-refractivity contribution in [3.63, 3.8) is 0 Å². The molecule has 4 heteroatoms. The zero-order valence-electron chi connectivity index (χ0n) is 4.79. The van der Waals surface area contributed by atoms with Crippen LogP contribution in [0.1, 0.15) is 19.8 Å². The maximum absolute atomic E-state index is 4.55. The maximum Gasteiger partial charge on any atom is -0.147 e. The summed E-state index contributed by atoms with van der Waals surface area (Å²) in [5.74, 6) is 0. The van der Waals surface area contributed by atoms with Crippen molar-refractivity contribution in [1.29, 1.82) is 0 Å². The molecule has 0 N–H and O–H groups in total. The first kappa shape index (κ1) is 11.6. The third kappa shape index (κ3) is 9.92. The monoisotopic (exact) mass is 176 g/mol. The van der Waals surface area contributed by atoms with Crippen molar-refractivity contribution in [3.8, 4) is 0 Å². The fourth-order valence-electron chi connectivity index (χ4n) is 0.241. The smallest absolute Gasteiger partial charge is 0.147 e. The van der Waals surface area contributed by atoms with Crippen LogP contribution in [-0.2, 0) is 26.5 Å². The summed E-state index contributed by atoms with van der Waals surface area (Å²) in [6.07, 6.45) is 2.22. The van der Waals surface area contributed by atoms with Gasteiger partial charge >= 0.3 is 52.8 Å². The first-order valence-electron chi connectivity index (χ1n) is 2.35. The third-order valence-electron chi connectivity index (χ3n) is 0.634. The van der Waals surface area contributed by atoms with E-state index in [4.69, 9.17) is 0 Å². The second-order valence-electron chi connectivity index (χ2n) is 1.25. The minimum Gasteiger partial charge on any atom is -0.147 e. The van der Waals surface area contributed by atoms with Gasteiger partial charge in [-0.25, -0.2) is 0 Å². The van der Waals surface area contributed by atoms with Crippen LogP contribution < -0.4 is 0 Å². The van der Waals surface area contributed by atoms with Crippen LogP contribution in [0.2, 0.25) is 0 Å². The first-order chi connectivity index (χ1) is 3.41. The minimum absolute atomic E-state index is 0. The van der Waals surface area contributed by atoms with Crippen molar-refractivity contribution < 1.29 is 26.5 Å². The molecule has 0 unspecified atom stereocenters. The molecule has 50 valence electrons. The summed E-state index contributed by atoms with van der Waals surface area (Å²) < 4.78 is 4.28. The number of unbranched alkanes of at least 4 members (excludes halogenated alkanes) is 1. The number of halogens is 1. The first-order valence-corrected chi connectivity index (χ1v) is 2.92. The van der Waals surface area contributed by atoms with Gasteiger partial charge in [-0.3, -0.25) is 0 Å². The van der Waals surface area contributed by atoms with Gasteiger partial charge in [0.1, 0.15) is 0 Å². The summed E-state index contributed by atoms with van der Waals surface area (Å²) in [6, 6.07) is 0. The van der Waals surface area contributed by atoms with Crippen molar-refractivity contribution in [1.82, 2.24) is 0 Å². The van der Waals surface area contributed by atoms with Crippen LogP contribution in [0.25, 0.3) is 0 Å². The van der Waals surface area contributed by atoms with Gasteiger partial charge in [0, 0.05) is 0 Å². The quantitative estimate of drug-likeness (QED) is 0.368. The largest absolute Gasteiger partial charge is 0.147 e. The molecule has 0 rings (SSSR count). The SMILES string of the molecule is CCCCO[O][V].Cl. The van der Waals surface area contributed by atoms with Gasteiger partial charge in [0.05, 0.1) is 0 Å². The molecule has 0 spiro atoms. The summed E-state index contributed by atoms with van der Waals surface area (Å²) in [5.41, 5.74) is 0. The standard InChI is InChI=1S/C4H10O2.ClH.V/c1-2-3-4-6-5;;/h5H,2-4H2,1H3;1H;/q;;+1/p-1. The average Bonchev–Trinajstić information content (AvgIpc) is 1.69. The summed E-state index contributed by atoms with van der Waals surface area (Å²) in [5, 5.41) is 0. The van der Waals surface area contributed by atoms with Gasteiger partial charge in [-0.2, -0.15) is 0 Å². The van der Waals surface area contributed by atoms with E-state index in [9.17, 15) is 0 Å². The fourth-order valence-corrected chi connectivity index (χ4v) is 0.357. The molecule has 0 aliphatic carbocycles. The molecule has 0 atom stereocenters. The predicted octanol–water partition coefficient (Wildman–Crippen LogP) is 1.62. The van der Waals surface area contributed by atoms with E-state index in [1.807, 2.05) is 17.8 Å². The molecule has 0 saturated heterocycles. The molecule has 0 radical (unpaired) electrons. The average molecular weight is 177 g/mol.